The molecule has 2 aliphatic rings. The summed E-state index contributed by atoms with van der Waals surface area (Å²) in [5.41, 5.74) is 2.59. The topological polar surface area (TPSA) is 24.5 Å². The Morgan fingerprint density at radius 1 is 0.958 bits per heavy atom. The maximum atomic E-state index is 6.23. The Balaban J connectivity index is 1.55. The highest BCUT2D eigenvalue weighted by Crippen LogP contribution is 2.47. The quantitative estimate of drug-likeness (QED) is 0.879. The highest BCUT2D eigenvalue weighted by Gasteiger charge is 2.38. The third-order valence-electron chi connectivity index (χ3n) is 5.09. The summed E-state index contributed by atoms with van der Waals surface area (Å²) in [5.74, 6) is 1.85. The van der Waals surface area contributed by atoms with Gasteiger partial charge < -0.3 is 10.1 Å². The van der Waals surface area contributed by atoms with Crippen LogP contribution in [-0.4, -0.2) is 31.1 Å². The van der Waals surface area contributed by atoms with E-state index >= 15 is 0 Å². The van der Waals surface area contributed by atoms with Gasteiger partial charge in [0, 0.05) is 37.8 Å². The molecule has 1 atom stereocenters. The molecule has 1 aliphatic heterocycles. The van der Waals surface area contributed by atoms with Crippen LogP contribution >= 0.6 is 0 Å². The van der Waals surface area contributed by atoms with E-state index in [1.807, 2.05) is 6.07 Å². The fraction of sp³-hybridized carbons (Fsp3) is 0.429. The van der Waals surface area contributed by atoms with E-state index in [1.54, 1.807) is 0 Å². The van der Waals surface area contributed by atoms with Crippen molar-refractivity contribution in [3.63, 3.8) is 0 Å². The van der Waals surface area contributed by atoms with E-state index in [4.69, 9.17) is 4.74 Å². The van der Waals surface area contributed by atoms with Crippen LogP contribution in [0.4, 0.5) is 0 Å². The van der Waals surface area contributed by atoms with Gasteiger partial charge in [0.15, 0.2) is 0 Å². The average Bonchev–Trinajstić information content (AvgIpc) is 3.48. The second-order valence-electron chi connectivity index (χ2n) is 6.88. The van der Waals surface area contributed by atoms with Gasteiger partial charge in [0.1, 0.15) is 12.4 Å². The van der Waals surface area contributed by atoms with Crippen LogP contribution in [0.2, 0.25) is 0 Å². The summed E-state index contributed by atoms with van der Waals surface area (Å²) in [6.45, 7) is 5.09. The number of para-hydroxylation sites is 1. The minimum atomic E-state index is 0.513. The maximum Gasteiger partial charge on any atom is 0.124 e. The number of ether oxygens (including phenoxy) is 1. The molecule has 0 unspecified atom stereocenters. The summed E-state index contributed by atoms with van der Waals surface area (Å²) in [4.78, 5) is 2.65. The molecule has 2 fully saturated rings. The van der Waals surface area contributed by atoms with Gasteiger partial charge in [-0.2, -0.15) is 0 Å². The van der Waals surface area contributed by atoms with E-state index in [2.05, 4.69) is 58.7 Å². The Labute approximate surface area is 144 Å². The monoisotopic (exact) mass is 322 g/mol. The van der Waals surface area contributed by atoms with Crippen LogP contribution in [0.5, 0.6) is 5.75 Å². The zero-order valence-electron chi connectivity index (χ0n) is 14.2. The van der Waals surface area contributed by atoms with Crippen LogP contribution in [-0.2, 0) is 6.61 Å². The molecule has 2 aromatic rings. The first-order chi connectivity index (χ1) is 11.9. The second kappa shape index (κ2) is 7.37. The predicted molar refractivity (Wildman–Crippen MR) is 97.1 cm³/mol. The van der Waals surface area contributed by atoms with Crippen LogP contribution in [0.15, 0.2) is 54.6 Å². The van der Waals surface area contributed by atoms with Crippen molar-refractivity contribution in [2.24, 2.45) is 5.92 Å². The Morgan fingerprint density at radius 2 is 1.67 bits per heavy atom. The molecule has 0 bridgehead atoms. The molecule has 0 spiro atoms. The SMILES string of the molecule is c1ccc(COc2ccccc2[C@H](C2CC2)N2CCNCC2)cc1. The van der Waals surface area contributed by atoms with Crippen LogP contribution in [0.3, 0.4) is 0 Å². The van der Waals surface area contributed by atoms with Crippen molar-refractivity contribution in [1.29, 1.82) is 0 Å². The normalized spacial score (nSPS) is 19.8. The number of nitrogens with zero attached hydrogens (tertiary/aromatic N) is 1. The first kappa shape index (κ1) is 15.7. The van der Waals surface area contributed by atoms with E-state index < -0.39 is 0 Å². The van der Waals surface area contributed by atoms with E-state index in [-0.39, 0.29) is 0 Å². The van der Waals surface area contributed by atoms with Gasteiger partial charge >= 0.3 is 0 Å². The number of hydrogen-bond donors (Lipinski definition) is 1. The molecular weight excluding hydrogens is 296 g/mol. The second-order valence-corrected chi connectivity index (χ2v) is 6.88. The fourth-order valence-electron chi connectivity index (χ4n) is 3.71. The van der Waals surface area contributed by atoms with Gasteiger partial charge in [-0.3, -0.25) is 4.90 Å². The Bertz CT molecular complexity index is 648. The lowest BCUT2D eigenvalue weighted by atomic mass is 9.98. The lowest BCUT2D eigenvalue weighted by Gasteiger charge is -2.36. The summed E-state index contributed by atoms with van der Waals surface area (Å²) >= 11 is 0. The van der Waals surface area contributed by atoms with Crippen molar-refractivity contribution >= 4 is 0 Å². The number of rotatable bonds is 6. The minimum absolute atomic E-state index is 0.513. The zero-order chi connectivity index (χ0) is 16.2. The highest BCUT2D eigenvalue weighted by atomic mass is 16.5. The first-order valence-electron chi connectivity index (χ1n) is 9.12. The first-order valence-corrected chi connectivity index (χ1v) is 9.12. The molecule has 3 nitrogen and oxygen atoms in total. The van der Waals surface area contributed by atoms with E-state index in [0.29, 0.717) is 12.6 Å². The molecule has 1 saturated carbocycles. The third-order valence-corrected chi connectivity index (χ3v) is 5.09. The standard InChI is InChI=1S/C21H26N2O/c1-2-6-17(7-3-1)16-24-20-9-5-4-8-19(20)21(18-10-11-18)23-14-12-22-13-15-23/h1-9,18,21-22H,10-16H2/t21-/m0/s1. The summed E-state index contributed by atoms with van der Waals surface area (Å²) in [6.07, 6.45) is 2.70. The lowest BCUT2D eigenvalue weighted by molar-refractivity contribution is 0.151. The molecule has 126 valence electrons. The van der Waals surface area contributed by atoms with Crippen molar-refractivity contribution in [2.45, 2.75) is 25.5 Å². The summed E-state index contributed by atoms with van der Waals surface area (Å²) in [7, 11) is 0. The van der Waals surface area contributed by atoms with Gasteiger partial charge in [0.05, 0.1) is 0 Å². The molecule has 3 heteroatoms. The molecule has 4 rings (SSSR count). The van der Waals surface area contributed by atoms with E-state index in [0.717, 1.165) is 37.8 Å². The van der Waals surface area contributed by atoms with Crippen molar-refractivity contribution in [3.8, 4) is 5.75 Å². The van der Waals surface area contributed by atoms with Crippen LogP contribution in [0, 0.1) is 5.92 Å². The van der Waals surface area contributed by atoms with Crippen molar-refractivity contribution < 1.29 is 4.74 Å². The fourth-order valence-corrected chi connectivity index (χ4v) is 3.71. The smallest absolute Gasteiger partial charge is 0.124 e. The van der Waals surface area contributed by atoms with Gasteiger partial charge in [-0.15, -0.1) is 0 Å². The third kappa shape index (κ3) is 3.63. The Morgan fingerprint density at radius 3 is 2.42 bits per heavy atom. The predicted octanol–water partition coefficient (Wildman–Crippen LogP) is 3.62. The minimum Gasteiger partial charge on any atom is -0.489 e. The maximum absolute atomic E-state index is 6.23. The molecule has 1 aliphatic carbocycles. The summed E-state index contributed by atoms with van der Waals surface area (Å²) in [6, 6.07) is 19.6. The molecule has 2 aromatic carbocycles. The molecule has 0 radical (unpaired) electrons. The van der Waals surface area contributed by atoms with Crippen molar-refractivity contribution in [3.05, 3.63) is 65.7 Å². The molecule has 1 saturated heterocycles. The summed E-state index contributed by atoms with van der Waals surface area (Å²) in [5, 5.41) is 3.47. The lowest BCUT2D eigenvalue weighted by Crippen LogP contribution is -2.45. The number of hydrogen-bond acceptors (Lipinski definition) is 3. The van der Waals surface area contributed by atoms with Crippen LogP contribution in [0.25, 0.3) is 0 Å². The Kier molecular flexibility index (Phi) is 4.81. The molecule has 1 N–H and O–H groups in total. The number of piperazine rings is 1. The highest BCUT2D eigenvalue weighted by molar-refractivity contribution is 5.37. The molecule has 0 aromatic heterocycles. The van der Waals surface area contributed by atoms with Gasteiger partial charge in [0.2, 0.25) is 0 Å². The van der Waals surface area contributed by atoms with Gasteiger partial charge in [-0.05, 0) is 30.4 Å². The van der Waals surface area contributed by atoms with Crippen molar-refractivity contribution in [2.75, 3.05) is 26.2 Å². The van der Waals surface area contributed by atoms with Gasteiger partial charge in [-0.1, -0.05) is 48.5 Å². The van der Waals surface area contributed by atoms with E-state index in [1.165, 1.54) is 24.0 Å². The molecule has 24 heavy (non-hydrogen) atoms. The van der Waals surface area contributed by atoms with Crippen LogP contribution in [0.1, 0.15) is 30.0 Å². The largest absolute Gasteiger partial charge is 0.489 e. The summed E-state index contributed by atoms with van der Waals surface area (Å²) < 4.78 is 6.23. The number of nitrogens with one attached hydrogen (secondary N) is 1. The average molecular weight is 322 g/mol. The molecule has 0 amide bonds. The van der Waals surface area contributed by atoms with E-state index in [9.17, 15) is 0 Å². The molecular formula is C21H26N2O. The van der Waals surface area contributed by atoms with Gasteiger partial charge in [-0.25, -0.2) is 0 Å². The van der Waals surface area contributed by atoms with Gasteiger partial charge in [0.25, 0.3) is 0 Å². The number of benzene rings is 2. The molecule has 1 heterocycles. The van der Waals surface area contributed by atoms with Crippen molar-refractivity contribution in [1.82, 2.24) is 10.2 Å². The Hall–Kier alpha value is -1.84. The van der Waals surface area contributed by atoms with Crippen LogP contribution < -0.4 is 10.1 Å². The zero-order valence-corrected chi connectivity index (χ0v) is 14.2.